The molecule has 1 aromatic heterocycles. The topological polar surface area (TPSA) is 260 Å². The highest BCUT2D eigenvalue weighted by molar-refractivity contribution is 7.93. The van der Waals surface area contributed by atoms with Crippen LogP contribution in [0.5, 0.6) is 0 Å². The van der Waals surface area contributed by atoms with E-state index >= 15 is 0 Å². The van der Waals surface area contributed by atoms with Gasteiger partial charge in [-0.3, -0.25) is 9.59 Å². The SMILES string of the molecule is CC(C)(C)C#Cc1ccc(C(=O)NS(=O)(=O)c2ccccc2S(N)(=O)=O)cc1.Cc1nc(-c2cccc(Cl)c2)sc1C(=O)NS(=O)(=O)c1ccccc1S(N)(=O)=O. The summed E-state index contributed by atoms with van der Waals surface area (Å²) in [7, 11) is -17.5. The lowest BCUT2D eigenvalue weighted by atomic mass is 9.97. The summed E-state index contributed by atoms with van der Waals surface area (Å²) in [5.74, 6) is 4.18. The fourth-order valence-electron chi connectivity index (χ4n) is 4.59. The van der Waals surface area contributed by atoms with Crippen molar-refractivity contribution < 1.29 is 43.3 Å². The first-order valence-corrected chi connectivity index (χ1v) is 23.3. The number of carbonyl (C=O) groups is 2. The molecule has 0 radical (unpaired) electrons. The molecule has 0 aliphatic heterocycles. The summed E-state index contributed by atoms with van der Waals surface area (Å²) in [6.45, 7) is 7.45. The molecule has 0 saturated heterocycles. The molecule has 5 rings (SSSR count). The molecule has 1 heterocycles. The fraction of sp³-hybridized carbons (Fsp3) is 0.139. The number of halogens is 1. The number of primary sulfonamides is 2. The summed E-state index contributed by atoms with van der Waals surface area (Å²) in [4.78, 5) is 26.9. The highest BCUT2D eigenvalue weighted by atomic mass is 35.5. The predicted molar refractivity (Wildman–Crippen MR) is 215 cm³/mol. The number of hydrogen-bond acceptors (Lipinski definition) is 12. The van der Waals surface area contributed by atoms with Crippen LogP contribution in [0.3, 0.4) is 0 Å². The molecule has 0 unspecified atom stereocenters. The number of aryl methyl sites for hydroxylation is 1. The minimum absolute atomic E-state index is 0.0663. The number of amides is 2. The molecule has 15 nitrogen and oxygen atoms in total. The van der Waals surface area contributed by atoms with E-state index in [9.17, 15) is 43.3 Å². The summed E-state index contributed by atoms with van der Waals surface area (Å²) < 4.78 is 101. The maximum atomic E-state index is 12.6. The predicted octanol–water partition coefficient (Wildman–Crippen LogP) is 4.39. The van der Waals surface area contributed by atoms with Gasteiger partial charge in [0, 0.05) is 27.1 Å². The van der Waals surface area contributed by atoms with E-state index < -0.39 is 71.5 Å². The van der Waals surface area contributed by atoms with Crippen LogP contribution in [-0.2, 0) is 40.1 Å². The van der Waals surface area contributed by atoms with E-state index in [1.807, 2.05) is 30.2 Å². The van der Waals surface area contributed by atoms with E-state index in [-0.39, 0.29) is 15.9 Å². The summed E-state index contributed by atoms with van der Waals surface area (Å²) in [5, 5.41) is 11.1. The molecule has 5 aromatic rings. The molecule has 300 valence electrons. The van der Waals surface area contributed by atoms with Crippen molar-refractivity contribution in [1.29, 1.82) is 0 Å². The number of hydrogen-bond donors (Lipinski definition) is 4. The van der Waals surface area contributed by atoms with Crippen molar-refractivity contribution in [2.75, 3.05) is 0 Å². The number of sulfonamides is 4. The summed E-state index contributed by atoms with van der Waals surface area (Å²) in [6.07, 6.45) is 0. The van der Waals surface area contributed by atoms with Gasteiger partial charge in [0.25, 0.3) is 31.9 Å². The number of aromatic nitrogens is 1. The number of nitrogens with one attached hydrogen (secondary N) is 2. The largest absolute Gasteiger partial charge is 0.277 e. The van der Waals surface area contributed by atoms with E-state index in [0.29, 0.717) is 26.9 Å². The van der Waals surface area contributed by atoms with Crippen molar-refractivity contribution in [2.45, 2.75) is 47.3 Å². The molecule has 57 heavy (non-hydrogen) atoms. The van der Waals surface area contributed by atoms with Crippen molar-refractivity contribution in [3.63, 3.8) is 0 Å². The van der Waals surface area contributed by atoms with Gasteiger partial charge in [0.1, 0.15) is 29.5 Å². The third kappa shape index (κ3) is 12.0. The van der Waals surface area contributed by atoms with Crippen molar-refractivity contribution in [3.8, 4) is 22.4 Å². The molecule has 0 bridgehead atoms. The zero-order valence-electron chi connectivity index (χ0n) is 30.3. The minimum Gasteiger partial charge on any atom is -0.268 e. The van der Waals surface area contributed by atoms with Crippen molar-refractivity contribution >= 4 is 74.8 Å². The standard InChI is InChI=1S/C19H20N2O5S2.C17H14ClN3O5S3/c1-19(2,3)13-12-14-8-10-15(11-9-14)18(22)21-28(25,26)17-7-5-4-6-16(17)27(20,23)24;1-10-15(27-17(20-10)11-5-4-6-12(18)9-11)16(22)21-29(25,26)14-8-3-2-7-13(14)28(19,23)24/h4-11H,1-3H3,(H,21,22)(H2,20,23,24);2-9H,1H3,(H,21,22)(H2,19,23,24). The first-order valence-electron chi connectivity index (χ1n) is 16.0. The van der Waals surface area contributed by atoms with Gasteiger partial charge in [0.05, 0.1) is 5.69 Å². The van der Waals surface area contributed by atoms with Crippen molar-refractivity contribution in [2.24, 2.45) is 15.7 Å². The first kappa shape index (κ1) is 44.7. The maximum absolute atomic E-state index is 12.6. The number of benzene rings is 4. The van der Waals surface area contributed by atoms with Gasteiger partial charge in [-0.1, -0.05) is 59.8 Å². The lowest BCUT2D eigenvalue weighted by molar-refractivity contribution is 0.0973. The Morgan fingerprint density at radius 3 is 1.61 bits per heavy atom. The molecule has 0 saturated carbocycles. The Morgan fingerprint density at radius 2 is 1.16 bits per heavy atom. The zero-order valence-corrected chi connectivity index (χ0v) is 35.2. The maximum Gasteiger partial charge on any atom is 0.277 e. The number of nitrogens with two attached hydrogens (primary N) is 2. The minimum atomic E-state index is -4.50. The molecule has 0 aliphatic rings. The smallest absolute Gasteiger partial charge is 0.268 e. The Labute approximate surface area is 339 Å². The molecule has 0 aliphatic carbocycles. The molecule has 21 heteroatoms. The Balaban J connectivity index is 0.000000253. The molecule has 4 aromatic carbocycles. The Hall–Kier alpha value is -4.98. The van der Waals surface area contributed by atoms with E-state index in [0.717, 1.165) is 35.6 Å². The Morgan fingerprint density at radius 1 is 0.684 bits per heavy atom. The van der Waals surface area contributed by atoms with Crippen molar-refractivity contribution in [1.82, 2.24) is 14.4 Å². The van der Waals surface area contributed by atoms with Gasteiger partial charge in [0.2, 0.25) is 20.0 Å². The first-order chi connectivity index (χ1) is 26.3. The Bertz CT molecular complexity index is 2880. The average molecular weight is 892 g/mol. The third-order valence-electron chi connectivity index (χ3n) is 7.15. The summed E-state index contributed by atoms with van der Waals surface area (Å²) in [6, 6.07) is 22.4. The zero-order chi connectivity index (χ0) is 42.6. The van der Waals surface area contributed by atoms with Gasteiger partial charge in [-0.15, -0.1) is 11.3 Å². The van der Waals surface area contributed by atoms with Crippen LogP contribution >= 0.6 is 22.9 Å². The quantitative estimate of drug-likeness (QED) is 0.151. The highest BCUT2D eigenvalue weighted by Crippen LogP contribution is 2.30. The van der Waals surface area contributed by atoms with E-state index in [1.165, 1.54) is 36.4 Å². The van der Waals surface area contributed by atoms with Crippen LogP contribution in [0.15, 0.2) is 117 Å². The monoisotopic (exact) mass is 891 g/mol. The molecule has 6 N–H and O–H groups in total. The summed E-state index contributed by atoms with van der Waals surface area (Å²) >= 11 is 6.96. The molecule has 0 fully saturated rings. The number of thiazole rings is 1. The van der Waals surface area contributed by atoms with Crippen LogP contribution in [0.1, 0.15) is 52.1 Å². The fourth-order valence-corrected chi connectivity index (χ4v) is 10.5. The van der Waals surface area contributed by atoms with E-state index in [1.54, 1.807) is 43.3 Å². The summed E-state index contributed by atoms with van der Waals surface area (Å²) in [5.41, 5.74) is 1.57. The van der Waals surface area contributed by atoms with Crippen molar-refractivity contribution in [3.05, 3.63) is 124 Å². The van der Waals surface area contributed by atoms with Gasteiger partial charge < -0.3 is 0 Å². The van der Waals surface area contributed by atoms with Crippen LogP contribution in [0.25, 0.3) is 10.6 Å². The second kappa shape index (κ2) is 17.3. The van der Waals surface area contributed by atoms with Crippen LogP contribution in [0.4, 0.5) is 0 Å². The second-order valence-corrected chi connectivity index (χ2v) is 20.7. The molecule has 0 spiro atoms. The number of nitrogens with zero attached hydrogens (tertiary/aromatic N) is 1. The van der Waals surface area contributed by atoms with E-state index in [4.69, 9.17) is 21.9 Å². The number of carbonyl (C=O) groups excluding carboxylic acids is 2. The normalized spacial score (nSPS) is 12.0. The van der Waals surface area contributed by atoms with Crippen LogP contribution < -0.4 is 19.7 Å². The lowest BCUT2D eigenvalue weighted by Gasteiger charge is -2.10. The van der Waals surface area contributed by atoms with Crippen LogP contribution in [0.2, 0.25) is 5.02 Å². The third-order valence-corrected chi connectivity index (χ3v) is 13.6. The van der Waals surface area contributed by atoms with Gasteiger partial charge in [-0.2, -0.15) is 0 Å². The van der Waals surface area contributed by atoms with Crippen LogP contribution in [0, 0.1) is 24.2 Å². The average Bonchev–Trinajstić information content (AvgIpc) is 3.51. The molecule has 2 amide bonds. The van der Waals surface area contributed by atoms with Gasteiger partial charge in [0.15, 0.2) is 0 Å². The Kier molecular flexibility index (Phi) is 13.5. The molecule has 0 atom stereocenters. The van der Waals surface area contributed by atoms with Gasteiger partial charge in [-0.25, -0.2) is 58.4 Å². The number of rotatable bonds is 9. The lowest BCUT2D eigenvalue weighted by Crippen LogP contribution is -2.32. The highest BCUT2D eigenvalue weighted by Gasteiger charge is 2.28. The van der Waals surface area contributed by atoms with Gasteiger partial charge in [-0.05, 0) is 88.4 Å². The molecular formula is C36H34ClN5O10S5. The second-order valence-electron chi connectivity index (χ2n) is 12.9. The van der Waals surface area contributed by atoms with E-state index in [2.05, 4.69) is 16.8 Å². The van der Waals surface area contributed by atoms with Crippen LogP contribution in [-0.4, -0.2) is 50.5 Å². The van der Waals surface area contributed by atoms with Gasteiger partial charge >= 0.3 is 0 Å². The molecular weight excluding hydrogens is 858 g/mol.